The van der Waals surface area contributed by atoms with Gasteiger partial charge in [0.25, 0.3) is 0 Å². The van der Waals surface area contributed by atoms with Crippen LogP contribution in [-0.4, -0.2) is 24.4 Å². The highest BCUT2D eigenvalue weighted by atomic mass is 127. The summed E-state index contributed by atoms with van der Waals surface area (Å²) in [7, 11) is 3.08. The number of rotatable bonds is 4. The first-order valence-electron chi connectivity index (χ1n) is 4.04. The van der Waals surface area contributed by atoms with Crippen molar-refractivity contribution in [2.75, 3.05) is 18.6 Å². The molecular formula is C10H11IO3. The third-order valence-electron chi connectivity index (χ3n) is 1.83. The molecule has 1 aromatic rings. The average molecular weight is 306 g/mol. The van der Waals surface area contributed by atoms with Crippen LogP contribution in [0.25, 0.3) is 0 Å². The number of carbonyl (C=O) groups is 1. The Labute approximate surface area is 96.5 Å². The maximum atomic E-state index is 11.6. The van der Waals surface area contributed by atoms with E-state index in [1.165, 1.54) is 0 Å². The molecule has 0 aliphatic heterocycles. The van der Waals surface area contributed by atoms with Gasteiger partial charge >= 0.3 is 0 Å². The summed E-state index contributed by atoms with van der Waals surface area (Å²) in [6.45, 7) is 0. The van der Waals surface area contributed by atoms with Gasteiger partial charge in [0.2, 0.25) is 0 Å². The Kier molecular flexibility index (Phi) is 4.19. The largest absolute Gasteiger partial charge is 0.496 e. The lowest BCUT2D eigenvalue weighted by molar-refractivity contribution is 0.101. The molecule has 0 aromatic heterocycles. The summed E-state index contributed by atoms with van der Waals surface area (Å²) < 4.78 is 10.6. The smallest absolute Gasteiger partial charge is 0.180 e. The summed E-state index contributed by atoms with van der Waals surface area (Å²) in [5.74, 6) is 1.14. The predicted octanol–water partition coefficient (Wildman–Crippen LogP) is 2.32. The van der Waals surface area contributed by atoms with Gasteiger partial charge in [-0.15, -0.1) is 0 Å². The maximum absolute atomic E-state index is 11.6. The zero-order chi connectivity index (χ0) is 10.6. The molecule has 0 bridgehead atoms. The molecule has 0 radical (unpaired) electrons. The first-order valence-corrected chi connectivity index (χ1v) is 5.57. The molecule has 0 amide bonds. The molecule has 14 heavy (non-hydrogen) atoms. The van der Waals surface area contributed by atoms with E-state index in [1.54, 1.807) is 32.4 Å². The predicted molar refractivity (Wildman–Crippen MR) is 62.8 cm³/mol. The van der Waals surface area contributed by atoms with Crippen LogP contribution in [-0.2, 0) is 0 Å². The van der Waals surface area contributed by atoms with Crippen molar-refractivity contribution < 1.29 is 14.3 Å². The lowest BCUT2D eigenvalue weighted by Gasteiger charge is -2.10. The van der Waals surface area contributed by atoms with Crippen molar-refractivity contribution in [1.82, 2.24) is 0 Å². The van der Waals surface area contributed by atoms with Gasteiger partial charge < -0.3 is 9.47 Å². The maximum Gasteiger partial charge on any atom is 0.180 e. The highest BCUT2D eigenvalue weighted by Gasteiger charge is 2.16. The first kappa shape index (κ1) is 11.3. The minimum Gasteiger partial charge on any atom is -0.496 e. The third kappa shape index (κ3) is 2.17. The second kappa shape index (κ2) is 5.19. The number of benzene rings is 1. The standard InChI is InChI=1S/C10H11IO3/c1-13-8-4-3-5-9(14-2)10(8)7(12)6-11/h3-5H,6H2,1-2H3. The second-order valence-corrected chi connectivity index (χ2v) is 3.36. The fourth-order valence-corrected chi connectivity index (χ4v) is 1.57. The number of ketones is 1. The summed E-state index contributed by atoms with van der Waals surface area (Å²) in [6.07, 6.45) is 0. The van der Waals surface area contributed by atoms with E-state index in [2.05, 4.69) is 0 Å². The van der Waals surface area contributed by atoms with Gasteiger partial charge in [0.15, 0.2) is 5.78 Å². The number of methoxy groups -OCH3 is 2. The van der Waals surface area contributed by atoms with Crippen LogP contribution in [0.5, 0.6) is 11.5 Å². The molecule has 0 saturated heterocycles. The fourth-order valence-electron chi connectivity index (χ4n) is 1.19. The molecule has 76 valence electrons. The van der Waals surface area contributed by atoms with Crippen LogP contribution in [0.4, 0.5) is 0 Å². The summed E-state index contributed by atoms with van der Waals surface area (Å²) in [5, 5.41) is 0. The SMILES string of the molecule is COc1cccc(OC)c1C(=O)CI. The minimum atomic E-state index is 0.0138. The zero-order valence-electron chi connectivity index (χ0n) is 8.04. The number of Topliss-reactive ketones (excluding diaryl/α,β-unsaturated/α-hetero) is 1. The van der Waals surface area contributed by atoms with Crippen LogP contribution >= 0.6 is 22.6 Å². The minimum absolute atomic E-state index is 0.0138. The van der Waals surface area contributed by atoms with Gasteiger partial charge in [-0.05, 0) is 12.1 Å². The molecule has 0 unspecified atom stereocenters. The van der Waals surface area contributed by atoms with E-state index in [1.807, 2.05) is 22.6 Å². The number of hydrogen-bond donors (Lipinski definition) is 0. The number of ether oxygens (including phenoxy) is 2. The Balaban J connectivity index is 3.25. The van der Waals surface area contributed by atoms with E-state index in [-0.39, 0.29) is 5.78 Å². The lowest BCUT2D eigenvalue weighted by atomic mass is 10.1. The molecule has 0 atom stereocenters. The van der Waals surface area contributed by atoms with Crippen LogP contribution in [0.3, 0.4) is 0 Å². The number of alkyl halides is 1. The first-order chi connectivity index (χ1) is 6.74. The van der Waals surface area contributed by atoms with Crippen molar-refractivity contribution in [2.45, 2.75) is 0 Å². The van der Waals surface area contributed by atoms with Gasteiger partial charge in [0.1, 0.15) is 17.1 Å². The van der Waals surface area contributed by atoms with E-state index in [4.69, 9.17) is 9.47 Å². The molecule has 1 rings (SSSR count). The van der Waals surface area contributed by atoms with Gasteiger partial charge in [-0.25, -0.2) is 0 Å². The average Bonchev–Trinajstić information content (AvgIpc) is 2.26. The van der Waals surface area contributed by atoms with Crippen LogP contribution in [0, 0.1) is 0 Å². The van der Waals surface area contributed by atoms with Crippen LogP contribution in [0.1, 0.15) is 10.4 Å². The molecule has 0 saturated carbocycles. The highest BCUT2D eigenvalue weighted by Crippen LogP contribution is 2.28. The summed E-state index contributed by atoms with van der Waals surface area (Å²) >= 11 is 2.02. The Morgan fingerprint density at radius 2 is 1.79 bits per heavy atom. The highest BCUT2D eigenvalue weighted by molar-refractivity contribution is 14.1. The molecule has 3 nitrogen and oxygen atoms in total. The van der Waals surface area contributed by atoms with E-state index in [0.717, 1.165) is 0 Å². The summed E-state index contributed by atoms with van der Waals surface area (Å²) in [5.41, 5.74) is 0.520. The quantitative estimate of drug-likeness (QED) is 0.486. The molecule has 4 heteroatoms. The molecule has 0 aliphatic carbocycles. The molecule has 0 N–H and O–H groups in total. The van der Waals surface area contributed by atoms with Crippen molar-refractivity contribution in [2.24, 2.45) is 0 Å². The number of carbonyl (C=O) groups excluding carboxylic acids is 1. The van der Waals surface area contributed by atoms with Crippen LogP contribution in [0.15, 0.2) is 18.2 Å². The van der Waals surface area contributed by atoms with Gasteiger partial charge in [-0.3, -0.25) is 4.79 Å². The molecule has 0 heterocycles. The zero-order valence-corrected chi connectivity index (χ0v) is 10.2. The number of hydrogen-bond acceptors (Lipinski definition) is 3. The van der Waals surface area contributed by atoms with Crippen molar-refractivity contribution in [3.8, 4) is 11.5 Å². The van der Waals surface area contributed by atoms with Crippen molar-refractivity contribution in [3.63, 3.8) is 0 Å². The molecule has 0 spiro atoms. The van der Waals surface area contributed by atoms with Gasteiger partial charge in [-0.2, -0.15) is 0 Å². The Hall–Kier alpha value is -0.780. The molecule has 1 aromatic carbocycles. The van der Waals surface area contributed by atoms with Gasteiger partial charge in [0, 0.05) is 0 Å². The summed E-state index contributed by atoms with van der Waals surface area (Å²) in [6, 6.07) is 5.30. The van der Waals surface area contributed by atoms with E-state index in [9.17, 15) is 4.79 Å². The normalized spacial score (nSPS) is 9.64. The van der Waals surface area contributed by atoms with Gasteiger partial charge in [0.05, 0.1) is 18.6 Å². The molecule has 0 aliphatic rings. The second-order valence-electron chi connectivity index (χ2n) is 2.59. The Bertz CT molecular complexity index is 314. The molecule has 0 fully saturated rings. The summed E-state index contributed by atoms with van der Waals surface area (Å²) in [4.78, 5) is 11.6. The lowest BCUT2D eigenvalue weighted by Crippen LogP contribution is -2.05. The van der Waals surface area contributed by atoms with Crippen molar-refractivity contribution >= 4 is 28.4 Å². The van der Waals surface area contributed by atoms with Crippen molar-refractivity contribution in [3.05, 3.63) is 23.8 Å². The third-order valence-corrected chi connectivity index (χ3v) is 2.52. The Morgan fingerprint density at radius 1 is 1.29 bits per heavy atom. The van der Waals surface area contributed by atoms with Crippen LogP contribution < -0.4 is 9.47 Å². The van der Waals surface area contributed by atoms with E-state index in [0.29, 0.717) is 21.5 Å². The molecular weight excluding hydrogens is 295 g/mol. The van der Waals surface area contributed by atoms with Crippen LogP contribution in [0.2, 0.25) is 0 Å². The van der Waals surface area contributed by atoms with E-state index >= 15 is 0 Å². The van der Waals surface area contributed by atoms with E-state index < -0.39 is 0 Å². The monoisotopic (exact) mass is 306 g/mol. The number of halogens is 1. The topological polar surface area (TPSA) is 35.5 Å². The van der Waals surface area contributed by atoms with Gasteiger partial charge in [-0.1, -0.05) is 28.7 Å². The Morgan fingerprint density at radius 3 is 2.14 bits per heavy atom. The van der Waals surface area contributed by atoms with Crippen molar-refractivity contribution in [1.29, 1.82) is 0 Å². The fraction of sp³-hybridized carbons (Fsp3) is 0.300.